The van der Waals surface area contributed by atoms with E-state index in [1.165, 1.54) is 37.4 Å². The molecule has 15 heteroatoms. The fourth-order valence-electron chi connectivity index (χ4n) is 5.00. The van der Waals surface area contributed by atoms with Crippen LogP contribution in [0.4, 0.5) is 4.79 Å². The number of hydrogen-bond acceptors (Lipinski definition) is 11. The second-order valence-corrected chi connectivity index (χ2v) is 12.8. The Labute approximate surface area is 278 Å². The quantitative estimate of drug-likeness (QED) is 0.105. The van der Waals surface area contributed by atoms with Gasteiger partial charge in [-0.3, -0.25) is 23.4 Å². The van der Waals surface area contributed by atoms with E-state index < -0.39 is 45.9 Å². The number of hydrogen-bond donors (Lipinski definition) is 6. The number of ether oxygens (including phenoxy) is 3. The van der Waals surface area contributed by atoms with Crippen LogP contribution in [0, 0.1) is 11.3 Å². The third-order valence-electron chi connectivity index (χ3n) is 7.40. The molecule has 6 N–H and O–H groups in total. The largest absolute Gasteiger partial charge is 0.507 e. The molecule has 2 unspecified atom stereocenters. The second-order valence-electron chi connectivity index (χ2n) is 10.8. The molecule has 1 fully saturated rings. The summed E-state index contributed by atoms with van der Waals surface area (Å²) in [6.07, 6.45) is -0.116. The monoisotopic (exact) mass is 680 g/mol. The fraction of sp³-hybridized carbons (Fsp3) is 0.303. The van der Waals surface area contributed by atoms with Gasteiger partial charge in [0.1, 0.15) is 35.0 Å². The van der Waals surface area contributed by atoms with Crippen LogP contribution >= 0.6 is 10.8 Å². The first-order valence-corrected chi connectivity index (χ1v) is 16.5. The van der Waals surface area contributed by atoms with Gasteiger partial charge in [0, 0.05) is 13.0 Å². The van der Waals surface area contributed by atoms with Crippen molar-refractivity contribution >= 4 is 34.7 Å². The van der Waals surface area contributed by atoms with Gasteiger partial charge in [-0.25, -0.2) is 9.59 Å². The van der Waals surface area contributed by atoms with Gasteiger partial charge < -0.3 is 30.0 Å². The maximum atomic E-state index is 13.3. The van der Waals surface area contributed by atoms with Crippen molar-refractivity contribution in [1.82, 2.24) is 15.4 Å². The van der Waals surface area contributed by atoms with E-state index in [0.717, 1.165) is 5.56 Å². The number of phenolic OH excluding ortho intramolecular Hbond substituents is 1. The first kappa shape index (κ1) is 35.6. The molecule has 1 heterocycles. The summed E-state index contributed by atoms with van der Waals surface area (Å²) in [5, 5.41) is 24.2. The zero-order valence-electron chi connectivity index (χ0n) is 26.0. The molecule has 0 saturated carbocycles. The molecule has 1 saturated heterocycles. The van der Waals surface area contributed by atoms with Crippen molar-refractivity contribution in [3.63, 3.8) is 0 Å². The number of carbonyl (C=O) groups is 4. The summed E-state index contributed by atoms with van der Waals surface area (Å²) in [6, 6.07) is 18.9. The number of nitriles is 1. The highest BCUT2D eigenvalue weighted by Gasteiger charge is 2.39. The summed E-state index contributed by atoms with van der Waals surface area (Å²) in [5.41, 5.74) is 1.54. The minimum atomic E-state index is -3.49. The summed E-state index contributed by atoms with van der Waals surface area (Å²) in [7, 11) is -2.29. The van der Waals surface area contributed by atoms with E-state index in [0.29, 0.717) is 18.4 Å². The average Bonchev–Trinajstić information content (AvgIpc) is 3.35. The number of benzene rings is 3. The molecule has 0 aliphatic carbocycles. The molecular formula is C33H36N4O10S. The predicted octanol–water partition coefficient (Wildman–Crippen LogP) is 4.09. The Morgan fingerprint density at radius 1 is 1.06 bits per heavy atom. The van der Waals surface area contributed by atoms with Gasteiger partial charge in [-0.1, -0.05) is 48.5 Å². The number of carbonyl (C=O) groups excluding carboxylic acids is 4. The van der Waals surface area contributed by atoms with Crippen LogP contribution in [0.25, 0.3) is 0 Å². The molecule has 1 aliphatic rings. The molecular weight excluding hydrogens is 644 g/mol. The van der Waals surface area contributed by atoms with Crippen LogP contribution in [0.3, 0.4) is 0 Å². The van der Waals surface area contributed by atoms with Crippen LogP contribution < -0.4 is 20.1 Å². The van der Waals surface area contributed by atoms with Crippen LogP contribution in [0.2, 0.25) is 0 Å². The first-order chi connectivity index (χ1) is 23.0. The van der Waals surface area contributed by atoms with Gasteiger partial charge in [0.25, 0.3) is 0 Å². The minimum Gasteiger partial charge on any atom is -0.507 e. The summed E-state index contributed by atoms with van der Waals surface area (Å²) in [4.78, 5) is 49.8. The molecule has 0 radical (unpaired) electrons. The van der Waals surface area contributed by atoms with Gasteiger partial charge >= 0.3 is 12.1 Å². The molecule has 1 aliphatic heterocycles. The van der Waals surface area contributed by atoms with Crippen LogP contribution in [0.15, 0.2) is 66.7 Å². The van der Waals surface area contributed by atoms with Gasteiger partial charge in [0.05, 0.1) is 31.8 Å². The molecule has 3 aromatic carbocycles. The van der Waals surface area contributed by atoms with E-state index in [-0.39, 0.29) is 60.8 Å². The highest BCUT2D eigenvalue weighted by Crippen LogP contribution is 2.56. The minimum absolute atomic E-state index is 0.0221. The van der Waals surface area contributed by atoms with Crippen molar-refractivity contribution in [1.29, 1.82) is 5.26 Å². The lowest BCUT2D eigenvalue weighted by atomic mass is 9.97. The smallest absolute Gasteiger partial charge is 0.408 e. The number of rotatable bonds is 14. The van der Waals surface area contributed by atoms with Crippen LogP contribution in [-0.4, -0.2) is 64.4 Å². The molecule has 14 nitrogen and oxygen atoms in total. The van der Waals surface area contributed by atoms with Crippen molar-refractivity contribution in [2.24, 2.45) is 0 Å². The van der Waals surface area contributed by atoms with Gasteiger partial charge in [-0.05, 0) is 47.7 Å². The zero-order valence-corrected chi connectivity index (χ0v) is 26.8. The molecule has 3 amide bonds. The van der Waals surface area contributed by atoms with Crippen molar-refractivity contribution in [2.75, 3.05) is 20.3 Å². The number of phenols is 1. The lowest BCUT2D eigenvalue weighted by Crippen LogP contribution is -2.48. The van der Waals surface area contributed by atoms with E-state index in [4.69, 9.17) is 14.2 Å². The predicted molar refractivity (Wildman–Crippen MR) is 174 cm³/mol. The number of alkyl carbamates (subject to hydrolysis) is 1. The van der Waals surface area contributed by atoms with Crippen molar-refractivity contribution in [2.45, 2.75) is 43.6 Å². The molecule has 2 atom stereocenters. The Kier molecular flexibility index (Phi) is 12.2. The molecule has 3 aromatic rings. The summed E-state index contributed by atoms with van der Waals surface area (Å²) < 4.78 is 38.4. The Morgan fingerprint density at radius 3 is 2.52 bits per heavy atom. The number of aromatic hydroxyl groups is 1. The number of nitrogens with one attached hydrogen (secondary N) is 3. The van der Waals surface area contributed by atoms with Crippen molar-refractivity contribution < 1.29 is 47.6 Å². The first-order valence-electron chi connectivity index (χ1n) is 14.9. The van der Waals surface area contributed by atoms with E-state index in [1.54, 1.807) is 30.3 Å². The van der Waals surface area contributed by atoms with Gasteiger partial charge in [0.15, 0.2) is 0 Å². The summed E-state index contributed by atoms with van der Waals surface area (Å²) in [6.45, 7) is 0.366. The van der Waals surface area contributed by atoms with E-state index in [9.17, 15) is 38.7 Å². The van der Waals surface area contributed by atoms with Gasteiger partial charge in [0.2, 0.25) is 11.8 Å². The van der Waals surface area contributed by atoms with E-state index >= 15 is 0 Å². The Balaban J connectivity index is 1.39. The maximum Gasteiger partial charge on any atom is 0.408 e. The number of esters is 1. The Hall–Kier alpha value is -5.30. The second kappa shape index (κ2) is 16.5. The third-order valence-corrected chi connectivity index (χ3v) is 9.14. The lowest BCUT2D eigenvalue weighted by Gasteiger charge is -2.33. The molecule has 254 valence electrons. The average molecular weight is 681 g/mol. The summed E-state index contributed by atoms with van der Waals surface area (Å²) in [5.74, 6) is -1.91. The Morgan fingerprint density at radius 2 is 1.83 bits per heavy atom. The van der Waals surface area contributed by atoms with Gasteiger partial charge in [-0.2, -0.15) is 5.26 Å². The molecule has 0 spiro atoms. The normalized spacial score (nSPS) is 16.0. The molecule has 4 rings (SSSR count). The molecule has 0 bridgehead atoms. The Bertz CT molecular complexity index is 1680. The number of nitrogens with zero attached hydrogens (tertiary/aromatic N) is 1. The summed E-state index contributed by atoms with van der Waals surface area (Å²) >= 11 is 0. The molecule has 48 heavy (non-hydrogen) atoms. The lowest BCUT2D eigenvalue weighted by molar-refractivity contribution is -0.123. The zero-order chi connectivity index (χ0) is 34.7. The highest BCUT2D eigenvalue weighted by atomic mass is 32.3. The highest BCUT2D eigenvalue weighted by molar-refractivity contribution is 8.23. The van der Waals surface area contributed by atoms with Crippen LogP contribution in [-0.2, 0) is 32.1 Å². The van der Waals surface area contributed by atoms with Gasteiger partial charge in [-0.15, -0.1) is 10.8 Å². The fourth-order valence-corrected chi connectivity index (χ4v) is 6.51. The topological polar surface area (TPSA) is 217 Å². The van der Waals surface area contributed by atoms with E-state index in [1.807, 2.05) is 12.1 Å². The standard InChI is InChI=1S/C33H36N4O10S/c1-45-32(41)30-26(38)10-7-11-27(30)46-15-6-5-14-35-31(40)25(36-33(42)47-20-21-8-3-2-4-9-21)17-22-12-13-24(23(16-22)19-34)28-18-29(39)37-48(28,43)44/h2-4,7-13,16,25,28,38,43-44H,5-6,14-15,17-18,20H2,1H3,(H,35,40)(H,36,42)(H,37,39). The van der Waals surface area contributed by atoms with E-state index in [2.05, 4.69) is 15.4 Å². The number of amides is 3. The number of unbranched alkanes of at least 4 members (excludes halogenated alkanes) is 1. The SMILES string of the molecule is COC(=O)c1c(O)cccc1OCCCCNC(=O)C(Cc1ccc(C2CC(=O)NS2(O)O)c(C#N)c1)NC(=O)OCc1ccccc1. The van der Waals surface area contributed by atoms with Crippen LogP contribution in [0.1, 0.15) is 57.1 Å². The van der Waals surface area contributed by atoms with Crippen molar-refractivity contribution in [3.8, 4) is 17.6 Å². The maximum absolute atomic E-state index is 13.3. The third kappa shape index (κ3) is 9.38. The number of methoxy groups -OCH3 is 1. The van der Waals surface area contributed by atoms with Crippen LogP contribution in [0.5, 0.6) is 11.5 Å². The molecule has 0 aromatic heterocycles. The van der Waals surface area contributed by atoms with Crippen molar-refractivity contribution in [3.05, 3.63) is 94.5 Å².